The van der Waals surface area contributed by atoms with Gasteiger partial charge in [-0.1, -0.05) is 67.9 Å². The summed E-state index contributed by atoms with van der Waals surface area (Å²) in [6.07, 6.45) is 3.07. The lowest BCUT2D eigenvalue weighted by Crippen LogP contribution is -2.45. The molecule has 0 saturated carbocycles. The van der Waals surface area contributed by atoms with E-state index in [0.717, 1.165) is 21.8 Å². The Morgan fingerprint density at radius 1 is 1.00 bits per heavy atom. The number of nitrogens with one attached hydrogen (secondary N) is 1. The number of amidine groups is 1. The number of aliphatic hydroxyl groups is 1. The molecule has 37 heavy (non-hydrogen) atoms. The summed E-state index contributed by atoms with van der Waals surface area (Å²) in [6.45, 7) is 4.18. The van der Waals surface area contributed by atoms with E-state index in [4.69, 9.17) is 11.6 Å². The highest BCUT2D eigenvalue weighted by Crippen LogP contribution is 2.51. The van der Waals surface area contributed by atoms with E-state index in [1.807, 2.05) is 77.9 Å². The van der Waals surface area contributed by atoms with Gasteiger partial charge in [0.25, 0.3) is 0 Å². The first kappa shape index (κ1) is 25.4. The van der Waals surface area contributed by atoms with Crippen LogP contribution in [0.25, 0.3) is 5.76 Å². The van der Waals surface area contributed by atoms with Crippen molar-refractivity contribution in [2.24, 2.45) is 5.41 Å². The molecule has 1 heterocycles. The summed E-state index contributed by atoms with van der Waals surface area (Å²) in [4.78, 5) is 16.8. The number of anilines is 1. The van der Waals surface area contributed by atoms with Gasteiger partial charge >= 0.3 is 0 Å². The van der Waals surface area contributed by atoms with Crippen molar-refractivity contribution in [1.82, 2.24) is 0 Å². The third-order valence-electron chi connectivity index (χ3n) is 7.06. The van der Waals surface area contributed by atoms with Gasteiger partial charge in [0.15, 0.2) is 5.78 Å². The van der Waals surface area contributed by atoms with Gasteiger partial charge in [-0.25, -0.2) is 0 Å². The van der Waals surface area contributed by atoms with Gasteiger partial charge in [0, 0.05) is 50.4 Å². The topological polar surface area (TPSA) is 64.4 Å². The number of rotatable bonds is 4. The lowest BCUT2D eigenvalue weighted by Gasteiger charge is -2.45. The van der Waals surface area contributed by atoms with Crippen molar-refractivity contribution < 1.29 is 9.90 Å². The first-order valence-corrected chi connectivity index (χ1v) is 13.8. The van der Waals surface area contributed by atoms with Gasteiger partial charge in [-0.3, -0.25) is 15.1 Å². The molecule has 6 heteroatoms. The summed E-state index contributed by atoms with van der Waals surface area (Å²) in [7, 11) is 0. The van der Waals surface area contributed by atoms with Gasteiger partial charge in [0.1, 0.15) is 11.6 Å². The number of Topliss-reactive ketones (excluding diaryl/α,β-unsaturated/α-hetero) is 1. The van der Waals surface area contributed by atoms with Crippen molar-refractivity contribution >= 4 is 46.4 Å². The smallest absolute Gasteiger partial charge is 0.162 e. The Hall–Kier alpha value is -3.28. The minimum Gasteiger partial charge on any atom is -0.507 e. The highest BCUT2D eigenvalue weighted by molar-refractivity contribution is 7.98. The molecule has 1 unspecified atom stereocenters. The van der Waals surface area contributed by atoms with Crippen LogP contribution in [0.4, 0.5) is 5.69 Å². The standard InChI is InChI=1S/C31H29ClN2O2S/c1-31(2)17-24-27(25(35)18-31)26(19-9-15-23(37-3)16-10-19)28(29(36)20-7-5-4-6-8-20)30(33)34(24)22-13-11-21(32)12-14-22/h4-16,26,33,36H,17-18H2,1-3H3/b29-28+,33-30?. The Morgan fingerprint density at radius 3 is 2.27 bits per heavy atom. The third-order valence-corrected chi connectivity index (χ3v) is 8.05. The number of halogens is 1. The zero-order valence-electron chi connectivity index (χ0n) is 21.1. The monoisotopic (exact) mass is 528 g/mol. The predicted molar refractivity (Wildman–Crippen MR) is 154 cm³/mol. The van der Waals surface area contributed by atoms with Crippen LogP contribution in [0.3, 0.4) is 0 Å². The molecule has 3 aromatic rings. The van der Waals surface area contributed by atoms with E-state index in [1.165, 1.54) is 0 Å². The van der Waals surface area contributed by atoms with E-state index in [0.29, 0.717) is 34.6 Å². The predicted octanol–water partition coefficient (Wildman–Crippen LogP) is 8.26. The molecule has 3 aromatic carbocycles. The summed E-state index contributed by atoms with van der Waals surface area (Å²) < 4.78 is 0. The lowest BCUT2D eigenvalue weighted by atomic mass is 9.67. The molecule has 2 N–H and O–H groups in total. The fraction of sp³-hybridized carbons (Fsp3) is 0.226. The molecule has 1 atom stereocenters. The number of hydrogen-bond acceptors (Lipinski definition) is 4. The van der Waals surface area contributed by atoms with Crippen LogP contribution in [0.15, 0.2) is 101 Å². The molecule has 0 bridgehead atoms. The maximum absolute atomic E-state index is 13.9. The molecule has 0 fully saturated rings. The van der Waals surface area contributed by atoms with Gasteiger partial charge in [0.2, 0.25) is 0 Å². The van der Waals surface area contributed by atoms with Crippen molar-refractivity contribution in [3.05, 3.63) is 112 Å². The van der Waals surface area contributed by atoms with E-state index in [-0.39, 0.29) is 22.8 Å². The summed E-state index contributed by atoms with van der Waals surface area (Å²) >= 11 is 7.84. The molecule has 0 aromatic heterocycles. The second kappa shape index (κ2) is 9.88. The Kier molecular flexibility index (Phi) is 6.78. The number of aliphatic hydroxyl groups excluding tert-OH is 1. The van der Waals surface area contributed by atoms with E-state index < -0.39 is 5.92 Å². The summed E-state index contributed by atoms with van der Waals surface area (Å²) in [5.41, 5.74) is 3.87. The minimum atomic E-state index is -0.550. The number of carbonyl (C=O) groups is 1. The molecule has 0 radical (unpaired) electrons. The van der Waals surface area contributed by atoms with Crippen LogP contribution in [-0.2, 0) is 4.79 Å². The summed E-state index contributed by atoms with van der Waals surface area (Å²) in [5, 5.41) is 21.8. The molecular formula is C31H29ClN2O2S. The molecular weight excluding hydrogens is 500 g/mol. The molecule has 188 valence electrons. The number of allylic oxidation sites excluding steroid dienone is 2. The van der Waals surface area contributed by atoms with E-state index in [9.17, 15) is 15.3 Å². The van der Waals surface area contributed by atoms with Crippen molar-refractivity contribution in [3.63, 3.8) is 0 Å². The van der Waals surface area contributed by atoms with E-state index in [2.05, 4.69) is 13.8 Å². The zero-order chi connectivity index (χ0) is 26.3. The Morgan fingerprint density at radius 2 is 1.65 bits per heavy atom. The maximum atomic E-state index is 13.9. The molecule has 1 aliphatic carbocycles. The van der Waals surface area contributed by atoms with Crippen LogP contribution in [0.2, 0.25) is 5.02 Å². The van der Waals surface area contributed by atoms with Crippen molar-refractivity contribution in [1.29, 1.82) is 5.41 Å². The molecule has 0 amide bonds. The largest absolute Gasteiger partial charge is 0.507 e. The molecule has 1 aliphatic heterocycles. The average Bonchev–Trinajstić information content (AvgIpc) is 2.88. The number of carbonyl (C=O) groups excluding carboxylic acids is 1. The number of hydrogen-bond donors (Lipinski definition) is 2. The minimum absolute atomic E-state index is 0.00712. The molecule has 4 nitrogen and oxygen atoms in total. The molecule has 2 aliphatic rings. The van der Waals surface area contributed by atoms with E-state index >= 15 is 0 Å². The van der Waals surface area contributed by atoms with Crippen LogP contribution >= 0.6 is 23.4 Å². The Bertz CT molecular complexity index is 1420. The fourth-order valence-corrected chi connectivity index (χ4v) is 5.90. The molecule has 5 rings (SSSR count). The third kappa shape index (κ3) is 4.74. The van der Waals surface area contributed by atoms with Crippen LogP contribution < -0.4 is 4.90 Å². The Balaban J connectivity index is 1.83. The normalized spacial score (nSPS) is 20.6. The van der Waals surface area contributed by atoms with Crippen LogP contribution in [-0.4, -0.2) is 23.0 Å². The zero-order valence-corrected chi connectivity index (χ0v) is 22.7. The number of thioether (sulfide) groups is 1. The van der Waals surface area contributed by atoms with Crippen LogP contribution in [0.1, 0.15) is 43.7 Å². The maximum Gasteiger partial charge on any atom is 0.162 e. The summed E-state index contributed by atoms with van der Waals surface area (Å²) in [6, 6.07) is 24.6. The van der Waals surface area contributed by atoms with Gasteiger partial charge in [-0.2, -0.15) is 0 Å². The van der Waals surface area contributed by atoms with Crippen LogP contribution in [0, 0.1) is 10.8 Å². The van der Waals surface area contributed by atoms with Crippen molar-refractivity contribution in [3.8, 4) is 0 Å². The highest BCUT2D eigenvalue weighted by atomic mass is 35.5. The van der Waals surface area contributed by atoms with Gasteiger partial charge < -0.3 is 5.11 Å². The first-order chi connectivity index (χ1) is 17.7. The number of ketones is 1. The quantitative estimate of drug-likeness (QED) is 0.264. The second-order valence-electron chi connectivity index (χ2n) is 10.3. The molecule has 0 spiro atoms. The SMILES string of the molecule is CSc1ccc(C2C3=C(CC(C)(C)CC3=O)N(c3ccc(Cl)cc3)C(=N)/C2=C(/O)c2ccccc2)cc1. The van der Waals surface area contributed by atoms with Gasteiger partial charge in [-0.15, -0.1) is 11.8 Å². The fourth-order valence-electron chi connectivity index (χ4n) is 5.37. The van der Waals surface area contributed by atoms with Crippen molar-refractivity contribution in [2.75, 3.05) is 11.2 Å². The number of nitrogens with zero attached hydrogens (tertiary/aromatic N) is 1. The molecule has 0 saturated heterocycles. The average molecular weight is 529 g/mol. The summed E-state index contributed by atoms with van der Waals surface area (Å²) in [5.74, 6) is -0.333. The number of benzene rings is 3. The van der Waals surface area contributed by atoms with Gasteiger partial charge in [0.05, 0.1) is 0 Å². The Labute approximate surface area is 227 Å². The van der Waals surface area contributed by atoms with Crippen LogP contribution in [0.5, 0.6) is 0 Å². The first-order valence-electron chi connectivity index (χ1n) is 12.2. The second-order valence-corrected chi connectivity index (χ2v) is 11.6. The van der Waals surface area contributed by atoms with Crippen molar-refractivity contribution in [2.45, 2.75) is 37.5 Å². The lowest BCUT2D eigenvalue weighted by molar-refractivity contribution is -0.118. The highest BCUT2D eigenvalue weighted by Gasteiger charge is 2.46. The van der Waals surface area contributed by atoms with Gasteiger partial charge in [-0.05, 0) is 60.1 Å². The van der Waals surface area contributed by atoms with E-state index in [1.54, 1.807) is 23.9 Å².